The molecule has 2 nitrogen and oxygen atoms in total. The maximum atomic E-state index is 2.43. The summed E-state index contributed by atoms with van der Waals surface area (Å²) in [6.07, 6.45) is 5.80. The average molecular weight is 899 g/mol. The number of nitrogens with zero attached hydrogens (tertiary/aromatic N) is 2. The van der Waals surface area contributed by atoms with Gasteiger partial charge in [-0.05, 0) is 123 Å². The molecule has 0 aliphatic rings. The summed E-state index contributed by atoms with van der Waals surface area (Å²) in [4.78, 5) is 4.46. The first-order valence-electron chi connectivity index (χ1n) is 24.9. The zero-order valence-electron chi connectivity index (χ0n) is 41.4. The first kappa shape index (κ1) is 46.7. The van der Waals surface area contributed by atoms with Crippen LogP contribution in [-0.4, -0.2) is 14.1 Å². The minimum absolute atomic E-state index is 0.202. The fraction of sp³-hybridized carbons (Fsp3) is 0.194. The normalized spacial score (nSPS) is 12.3. The van der Waals surface area contributed by atoms with Gasteiger partial charge in [-0.15, -0.1) is 0 Å². The highest BCUT2D eigenvalue weighted by molar-refractivity contribution is 5.72. The largest absolute Gasteiger partial charge is 0.345 e. The third-order valence-corrected chi connectivity index (χ3v) is 14.7. The van der Waals surface area contributed by atoms with Crippen molar-refractivity contribution in [1.82, 2.24) is 0 Å². The Bertz CT molecular complexity index is 3010. The van der Waals surface area contributed by atoms with Crippen molar-refractivity contribution in [2.75, 3.05) is 23.9 Å². The fourth-order valence-electron chi connectivity index (χ4n) is 10.2. The maximum Gasteiger partial charge on any atom is 0.0451 e. The number of benzene rings is 9. The molecule has 9 aromatic carbocycles. The van der Waals surface area contributed by atoms with Gasteiger partial charge in [-0.3, -0.25) is 0 Å². The molecule has 2 heteroatoms. The summed E-state index contributed by atoms with van der Waals surface area (Å²) in [5, 5.41) is 0. The van der Waals surface area contributed by atoms with Crippen molar-refractivity contribution in [3.8, 4) is 33.4 Å². The third-order valence-electron chi connectivity index (χ3n) is 14.7. The van der Waals surface area contributed by atoms with Crippen LogP contribution in [0.4, 0.5) is 22.7 Å². The van der Waals surface area contributed by atoms with Crippen molar-refractivity contribution in [2.45, 2.75) is 70.6 Å². The predicted octanol–water partition coefficient (Wildman–Crippen LogP) is 18.2. The number of para-hydroxylation sites is 2. The molecular formula is C67H66N2. The molecule has 0 N–H and O–H groups in total. The Morgan fingerprint density at radius 3 is 0.971 bits per heavy atom. The van der Waals surface area contributed by atoms with Gasteiger partial charge in [-0.1, -0.05) is 234 Å². The van der Waals surface area contributed by atoms with Crippen molar-refractivity contribution < 1.29 is 0 Å². The first-order valence-corrected chi connectivity index (χ1v) is 24.9. The summed E-state index contributed by atoms with van der Waals surface area (Å²) in [6, 6.07) is 85.6. The molecule has 0 saturated carbocycles. The minimum Gasteiger partial charge on any atom is -0.345 e. The van der Waals surface area contributed by atoms with Gasteiger partial charge in [0.05, 0.1) is 0 Å². The summed E-state index contributed by atoms with van der Waals surface area (Å²) in [6.45, 7) is 9.18. The Morgan fingerprint density at radius 1 is 0.319 bits per heavy atom. The Hall–Kier alpha value is -7.42. The van der Waals surface area contributed by atoms with Crippen LogP contribution in [0.1, 0.15) is 86.3 Å². The number of unbranched alkanes of at least 4 members (excludes halogenated alkanes) is 3. The second-order valence-electron chi connectivity index (χ2n) is 19.4. The molecule has 69 heavy (non-hydrogen) atoms. The lowest BCUT2D eigenvalue weighted by molar-refractivity contribution is 0.506. The highest BCUT2D eigenvalue weighted by atomic mass is 15.1. The van der Waals surface area contributed by atoms with Gasteiger partial charge in [-0.25, -0.2) is 0 Å². The van der Waals surface area contributed by atoms with Crippen LogP contribution in [0.15, 0.2) is 231 Å². The molecule has 1 unspecified atom stereocenters. The van der Waals surface area contributed by atoms with E-state index in [1.165, 1.54) is 109 Å². The topological polar surface area (TPSA) is 6.48 Å². The summed E-state index contributed by atoms with van der Waals surface area (Å²) < 4.78 is 0. The Morgan fingerprint density at radius 2 is 0.609 bits per heavy atom. The SMILES string of the molecule is CCCCCCC(c1ccc(-c2ccc(C)cc2)cc1)(c1ccc(-c2ccc(N(C)c3ccccc3)cc2)cc1)c1ccc(C(C)(C)c2ccc(-c3ccc(N(C)c4ccccc4)cc3)cc2)cc1. The van der Waals surface area contributed by atoms with Crippen molar-refractivity contribution in [2.24, 2.45) is 0 Å². The van der Waals surface area contributed by atoms with E-state index < -0.39 is 0 Å². The van der Waals surface area contributed by atoms with Gasteiger partial charge in [-0.2, -0.15) is 0 Å². The summed E-state index contributed by atoms with van der Waals surface area (Å²) in [7, 11) is 4.25. The lowest BCUT2D eigenvalue weighted by Crippen LogP contribution is -2.30. The lowest BCUT2D eigenvalue weighted by Gasteiger charge is -2.37. The van der Waals surface area contributed by atoms with Crippen molar-refractivity contribution in [3.63, 3.8) is 0 Å². The van der Waals surface area contributed by atoms with E-state index in [9.17, 15) is 0 Å². The average Bonchev–Trinajstić information content (AvgIpc) is 3.42. The maximum absolute atomic E-state index is 2.43. The van der Waals surface area contributed by atoms with Crippen molar-refractivity contribution >= 4 is 22.7 Å². The van der Waals surface area contributed by atoms with Crippen LogP contribution in [0, 0.1) is 6.92 Å². The second-order valence-corrected chi connectivity index (χ2v) is 19.4. The highest BCUT2D eigenvalue weighted by Gasteiger charge is 2.37. The molecule has 0 saturated heterocycles. The van der Waals surface area contributed by atoms with E-state index in [-0.39, 0.29) is 10.8 Å². The zero-order valence-corrected chi connectivity index (χ0v) is 41.4. The van der Waals surface area contributed by atoms with Gasteiger partial charge in [0, 0.05) is 47.7 Å². The smallest absolute Gasteiger partial charge is 0.0451 e. The van der Waals surface area contributed by atoms with Gasteiger partial charge < -0.3 is 9.80 Å². The number of aryl methyl sites for hydroxylation is 1. The van der Waals surface area contributed by atoms with Crippen LogP contribution >= 0.6 is 0 Å². The number of anilines is 4. The van der Waals surface area contributed by atoms with Crippen LogP contribution in [0.5, 0.6) is 0 Å². The molecule has 0 aromatic heterocycles. The summed E-state index contributed by atoms with van der Waals surface area (Å²) >= 11 is 0. The van der Waals surface area contributed by atoms with E-state index in [0.29, 0.717) is 0 Å². The van der Waals surface area contributed by atoms with Crippen LogP contribution < -0.4 is 9.80 Å². The van der Waals surface area contributed by atoms with E-state index in [0.717, 1.165) is 12.8 Å². The second kappa shape index (κ2) is 20.8. The zero-order chi connectivity index (χ0) is 47.8. The van der Waals surface area contributed by atoms with Crippen molar-refractivity contribution in [1.29, 1.82) is 0 Å². The molecule has 0 radical (unpaired) electrons. The predicted molar refractivity (Wildman–Crippen MR) is 297 cm³/mol. The summed E-state index contributed by atoms with van der Waals surface area (Å²) in [5.41, 5.74) is 19.4. The number of hydrogen-bond acceptors (Lipinski definition) is 2. The van der Waals surface area contributed by atoms with E-state index in [1.807, 2.05) is 0 Å². The molecule has 1 atom stereocenters. The van der Waals surface area contributed by atoms with E-state index in [4.69, 9.17) is 0 Å². The van der Waals surface area contributed by atoms with E-state index >= 15 is 0 Å². The molecule has 0 fully saturated rings. The van der Waals surface area contributed by atoms with Crippen LogP contribution in [0.25, 0.3) is 33.4 Å². The van der Waals surface area contributed by atoms with Gasteiger partial charge >= 0.3 is 0 Å². The fourth-order valence-corrected chi connectivity index (χ4v) is 10.2. The lowest BCUT2D eigenvalue weighted by atomic mass is 9.65. The molecule has 9 aromatic rings. The first-order chi connectivity index (χ1) is 33.6. The Balaban J connectivity index is 1.04. The molecule has 0 aliphatic heterocycles. The van der Waals surface area contributed by atoms with Gasteiger partial charge in [0.25, 0.3) is 0 Å². The Kier molecular flexibility index (Phi) is 14.1. The molecule has 344 valence electrons. The standard InChI is InChI=1S/C67H66N2/c1-7-8-9-16-49-67(59-37-27-53(28-38-59)51-23-21-50(2)22-24-51,60-39-29-54(30-40-60)56-33-47-65(48-34-56)69(6)63-19-14-11-15-20-63)61-43-41-58(42-44-61)66(3,4)57-35-25-52(26-36-57)55-31-45-64(46-32-55)68(5)62-17-12-10-13-18-62/h10-15,17-48H,7-9,16,49H2,1-6H3. The minimum atomic E-state index is -0.351. The molecule has 0 spiro atoms. The van der Waals surface area contributed by atoms with Crippen LogP contribution in [0.2, 0.25) is 0 Å². The monoisotopic (exact) mass is 899 g/mol. The van der Waals surface area contributed by atoms with Crippen LogP contribution in [-0.2, 0) is 10.8 Å². The summed E-state index contributed by atoms with van der Waals surface area (Å²) in [5.74, 6) is 0. The molecule has 9 rings (SSSR count). The number of rotatable bonds is 17. The van der Waals surface area contributed by atoms with Crippen molar-refractivity contribution in [3.05, 3.63) is 264 Å². The number of hydrogen-bond donors (Lipinski definition) is 0. The van der Waals surface area contributed by atoms with E-state index in [2.05, 4.69) is 282 Å². The quantitative estimate of drug-likeness (QED) is 0.0664. The molecular weight excluding hydrogens is 833 g/mol. The Labute approximate surface area is 412 Å². The molecule has 0 aliphatic carbocycles. The molecule has 0 amide bonds. The van der Waals surface area contributed by atoms with Crippen LogP contribution in [0.3, 0.4) is 0 Å². The third kappa shape index (κ3) is 10.1. The van der Waals surface area contributed by atoms with Gasteiger partial charge in [0.2, 0.25) is 0 Å². The van der Waals surface area contributed by atoms with Gasteiger partial charge in [0.1, 0.15) is 0 Å². The molecule has 0 bridgehead atoms. The highest BCUT2D eigenvalue weighted by Crippen LogP contribution is 2.46. The van der Waals surface area contributed by atoms with E-state index in [1.54, 1.807) is 0 Å². The van der Waals surface area contributed by atoms with Gasteiger partial charge in [0.15, 0.2) is 0 Å². The molecule has 0 heterocycles.